The van der Waals surface area contributed by atoms with Crippen LogP contribution in [0.1, 0.15) is 64.1 Å². The molecule has 0 aliphatic heterocycles. The zero-order valence-electron chi connectivity index (χ0n) is 18.7. The summed E-state index contributed by atoms with van der Waals surface area (Å²) in [5.41, 5.74) is 6.17. The first-order valence-corrected chi connectivity index (χ1v) is 11.1. The maximum absolute atomic E-state index is 13.5. The molecule has 7 nitrogen and oxygen atoms in total. The summed E-state index contributed by atoms with van der Waals surface area (Å²) in [4.78, 5) is 8.69. The van der Waals surface area contributed by atoms with Crippen LogP contribution < -0.4 is 10.5 Å². The molecule has 0 saturated heterocycles. The van der Waals surface area contributed by atoms with E-state index in [4.69, 9.17) is 5.73 Å². The van der Waals surface area contributed by atoms with Gasteiger partial charge in [-0.3, -0.25) is 0 Å². The molecule has 3 unspecified atom stereocenters. The highest BCUT2D eigenvalue weighted by Crippen LogP contribution is 2.42. The number of nitrogens with two attached hydrogens (primary N) is 1. The molecule has 0 bridgehead atoms. The summed E-state index contributed by atoms with van der Waals surface area (Å²) in [6.07, 6.45) is -5.44. The maximum atomic E-state index is 13.5. The van der Waals surface area contributed by atoms with Gasteiger partial charge in [0.25, 0.3) is 0 Å². The van der Waals surface area contributed by atoms with E-state index in [1.807, 2.05) is 6.92 Å². The highest BCUT2D eigenvalue weighted by molar-refractivity contribution is 5.97. The summed E-state index contributed by atoms with van der Waals surface area (Å²) in [6, 6.07) is 2.64. The SMILES string of the molecule is CC1CC(c2nc3c4ccc(O)c(OC(C)(F)F)c4nc(N)n3n2)CCCCC1CC(F)(F)F. The molecule has 1 aliphatic rings. The highest BCUT2D eigenvalue weighted by atomic mass is 19.4. The molecule has 0 radical (unpaired) electrons. The predicted molar refractivity (Wildman–Crippen MR) is 115 cm³/mol. The lowest BCUT2D eigenvalue weighted by molar-refractivity contribution is -0.159. The first-order chi connectivity index (χ1) is 15.8. The average molecular weight is 487 g/mol. The first-order valence-electron chi connectivity index (χ1n) is 11.1. The van der Waals surface area contributed by atoms with Gasteiger partial charge in [-0.15, -0.1) is 5.10 Å². The van der Waals surface area contributed by atoms with Crippen molar-refractivity contribution >= 4 is 22.5 Å². The number of alkyl halides is 5. The number of aromatic hydroxyl groups is 1. The Morgan fingerprint density at radius 2 is 1.85 bits per heavy atom. The number of benzene rings is 1. The highest BCUT2D eigenvalue weighted by Gasteiger charge is 2.36. The number of fused-ring (bicyclic) bond motifs is 3. The number of nitrogen functional groups attached to an aromatic ring is 1. The summed E-state index contributed by atoms with van der Waals surface area (Å²) in [5, 5.41) is 14.8. The number of phenolic OH excluding ortho intramolecular Hbond substituents is 1. The number of nitrogens with zero attached hydrogens (tertiary/aromatic N) is 4. The third-order valence-corrected chi connectivity index (χ3v) is 6.40. The third-order valence-electron chi connectivity index (χ3n) is 6.40. The van der Waals surface area contributed by atoms with Crippen molar-refractivity contribution in [2.24, 2.45) is 11.8 Å². The van der Waals surface area contributed by atoms with Crippen LogP contribution in [-0.4, -0.2) is 37.0 Å². The number of halogens is 5. The van der Waals surface area contributed by atoms with Crippen molar-refractivity contribution in [3.05, 3.63) is 18.0 Å². The van der Waals surface area contributed by atoms with Gasteiger partial charge in [-0.05, 0) is 43.2 Å². The van der Waals surface area contributed by atoms with Crippen LogP contribution in [0.25, 0.3) is 16.6 Å². The fraction of sp³-hybridized carbons (Fsp3) is 0.591. The van der Waals surface area contributed by atoms with E-state index in [9.17, 15) is 27.1 Å². The molecule has 12 heteroatoms. The molecule has 0 spiro atoms. The lowest BCUT2D eigenvalue weighted by Gasteiger charge is -2.30. The molecule has 2 aromatic heterocycles. The Kier molecular flexibility index (Phi) is 6.19. The predicted octanol–water partition coefficient (Wildman–Crippen LogP) is 5.81. The first kappa shape index (κ1) is 24.2. The van der Waals surface area contributed by atoms with E-state index in [1.54, 1.807) is 0 Å². The minimum Gasteiger partial charge on any atom is -0.504 e. The Labute approximate surface area is 192 Å². The van der Waals surface area contributed by atoms with Crippen molar-refractivity contribution < 1.29 is 31.8 Å². The summed E-state index contributed by atoms with van der Waals surface area (Å²) < 4.78 is 72.1. The molecule has 34 heavy (non-hydrogen) atoms. The van der Waals surface area contributed by atoms with Crippen LogP contribution in [0.3, 0.4) is 0 Å². The van der Waals surface area contributed by atoms with Gasteiger partial charge in [-0.1, -0.05) is 19.8 Å². The van der Waals surface area contributed by atoms with Gasteiger partial charge in [0.15, 0.2) is 23.0 Å². The molecule has 0 amide bonds. The van der Waals surface area contributed by atoms with Crippen molar-refractivity contribution in [1.29, 1.82) is 0 Å². The lowest BCUT2D eigenvalue weighted by Crippen LogP contribution is -2.24. The van der Waals surface area contributed by atoms with Gasteiger partial charge in [0.05, 0.1) is 0 Å². The van der Waals surface area contributed by atoms with E-state index in [1.165, 1.54) is 16.6 Å². The molecule has 1 fully saturated rings. The molecular formula is C22H26F5N5O2. The Morgan fingerprint density at radius 3 is 2.53 bits per heavy atom. The number of phenols is 1. The second-order valence-electron chi connectivity index (χ2n) is 9.17. The Bertz CT molecular complexity index is 1190. The van der Waals surface area contributed by atoms with Crippen molar-refractivity contribution in [2.75, 3.05) is 5.73 Å². The number of anilines is 1. The zero-order valence-corrected chi connectivity index (χ0v) is 18.7. The fourth-order valence-corrected chi connectivity index (χ4v) is 4.80. The van der Waals surface area contributed by atoms with Crippen LogP contribution >= 0.6 is 0 Å². The van der Waals surface area contributed by atoms with Crippen LogP contribution in [0.2, 0.25) is 0 Å². The van der Waals surface area contributed by atoms with Gasteiger partial charge < -0.3 is 15.6 Å². The quantitative estimate of drug-likeness (QED) is 0.451. The Balaban J connectivity index is 1.73. The van der Waals surface area contributed by atoms with E-state index in [0.717, 1.165) is 6.42 Å². The monoisotopic (exact) mass is 487 g/mol. The molecule has 1 aliphatic carbocycles. The van der Waals surface area contributed by atoms with Gasteiger partial charge in [-0.25, -0.2) is 9.97 Å². The van der Waals surface area contributed by atoms with Crippen LogP contribution in [0.5, 0.6) is 11.5 Å². The van der Waals surface area contributed by atoms with E-state index in [0.29, 0.717) is 43.8 Å². The summed E-state index contributed by atoms with van der Waals surface area (Å²) >= 11 is 0. The van der Waals surface area contributed by atoms with Crippen LogP contribution in [0, 0.1) is 11.8 Å². The number of aromatic nitrogens is 4. The number of hydrogen-bond acceptors (Lipinski definition) is 6. The molecule has 4 rings (SSSR count). The number of hydrogen-bond donors (Lipinski definition) is 2. The Hall–Kier alpha value is -2.92. The van der Waals surface area contributed by atoms with E-state index in [2.05, 4.69) is 19.8 Å². The van der Waals surface area contributed by atoms with Gasteiger partial charge in [0.1, 0.15) is 5.52 Å². The molecule has 3 aromatic rings. The fourth-order valence-electron chi connectivity index (χ4n) is 4.80. The van der Waals surface area contributed by atoms with E-state index >= 15 is 0 Å². The minimum atomic E-state index is -4.21. The molecule has 3 N–H and O–H groups in total. The Morgan fingerprint density at radius 1 is 1.15 bits per heavy atom. The standard InChI is InChI=1S/C22H26F5N5O2/c1-11-9-12(5-3-4-6-13(11)10-22(25,26)27)18-30-19-14-7-8-15(33)17(34-21(2,23)24)16(14)29-20(28)32(19)31-18/h7-8,11-13,33H,3-6,9-10H2,1-2H3,(H2,28,29). The van der Waals surface area contributed by atoms with Crippen molar-refractivity contribution in [1.82, 2.24) is 19.6 Å². The molecule has 1 saturated carbocycles. The number of rotatable bonds is 4. The molecule has 2 heterocycles. The lowest BCUT2D eigenvalue weighted by atomic mass is 9.77. The third kappa shape index (κ3) is 5.10. The minimum absolute atomic E-state index is 0.0956. The molecular weight excluding hydrogens is 461 g/mol. The topological polar surface area (TPSA) is 98.6 Å². The molecule has 1 aromatic carbocycles. The van der Waals surface area contributed by atoms with Gasteiger partial charge in [0.2, 0.25) is 5.95 Å². The zero-order chi connectivity index (χ0) is 24.8. The summed E-state index contributed by atoms with van der Waals surface area (Å²) in [7, 11) is 0. The van der Waals surface area contributed by atoms with Crippen molar-refractivity contribution in [3.8, 4) is 11.5 Å². The largest absolute Gasteiger partial charge is 0.504 e. The van der Waals surface area contributed by atoms with Gasteiger partial charge in [-0.2, -0.15) is 26.5 Å². The normalized spacial score (nSPS) is 22.6. The second-order valence-corrected chi connectivity index (χ2v) is 9.17. The second kappa shape index (κ2) is 8.70. The van der Waals surface area contributed by atoms with Crippen molar-refractivity contribution in [3.63, 3.8) is 0 Å². The molecule has 186 valence electrons. The molecule has 3 atom stereocenters. The average Bonchev–Trinajstić information content (AvgIpc) is 3.14. The summed E-state index contributed by atoms with van der Waals surface area (Å²) in [5.74, 6) is -1.64. The van der Waals surface area contributed by atoms with Gasteiger partial charge >= 0.3 is 12.3 Å². The van der Waals surface area contributed by atoms with Crippen LogP contribution in [0.4, 0.5) is 27.9 Å². The van der Waals surface area contributed by atoms with E-state index in [-0.39, 0.29) is 28.9 Å². The van der Waals surface area contributed by atoms with Crippen molar-refractivity contribution in [2.45, 2.75) is 70.6 Å². The van der Waals surface area contributed by atoms with Gasteiger partial charge in [0, 0.05) is 24.6 Å². The number of ether oxygens (including phenoxy) is 1. The van der Waals surface area contributed by atoms with Crippen LogP contribution in [0.15, 0.2) is 12.1 Å². The maximum Gasteiger partial charge on any atom is 0.395 e. The summed E-state index contributed by atoms with van der Waals surface area (Å²) in [6.45, 7) is 2.36. The van der Waals surface area contributed by atoms with Crippen LogP contribution in [-0.2, 0) is 0 Å². The van der Waals surface area contributed by atoms with E-state index < -0.39 is 36.1 Å². The smallest absolute Gasteiger partial charge is 0.395 e.